The molecule has 0 unspecified atom stereocenters. The Labute approximate surface area is 171 Å². The van der Waals surface area contributed by atoms with Crippen molar-refractivity contribution in [1.29, 1.82) is 0 Å². The number of hydrogen-bond acceptors (Lipinski definition) is 5. The van der Waals surface area contributed by atoms with Crippen molar-refractivity contribution < 1.29 is 19.1 Å². The van der Waals surface area contributed by atoms with Crippen LogP contribution in [0.2, 0.25) is 5.02 Å². The monoisotopic (exact) mass is 415 g/mol. The maximum atomic E-state index is 12.3. The first-order valence-electron chi connectivity index (χ1n) is 8.61. The Morgan fingerprint density at radius 2 is 1.79 bits per heavy atom. The van der Waals surface area contributed by atoms with Gasteiger partial charge in [-0.2, -0.15) is 0 Å². The first kappa shape index (κ1) is 19.9. The van der Waals surface area contributed by atoms with Gasteiger partial charge in [0.1, 0.15) is 10.8 Å². The minimum atomic E-state index is -0.477. The summed E-state index contributed by atoms with van der Waals surface area (Å²) < 4.78 is 10.6. The van der Waals surface area contributed by atoms with Gasteiger partial charge in [0.05, 0.1) is 12.2 Å². The molecule has 28 heavy (non-hydrogen) atoms. The maximum absolute atomic E-state index is 12.3. The molecule has 1 amide bonds. The van der Waals surface area contributed by atoms with Crippen LogP contribution in [0, 0.1) is 0 Å². The van der Waals surface area contributed by atoms with E-state index in [1.807, 2.05) is 30.3 Å². The highest BCUT2D eigenvalue weighted by Gasteiger charge is 2.20. The molecule has 0 aliphatic heterocycles. The Morgan fingerprint density at radius 3 is 2.46 bits per heavy atom. The van der Waals surface area contributed by atoms with Crippen molar-refractivity contribution in [2.75, 3.05) is 18.5 Å². The summed E-state index contributed by atoms with van der Waals surface area (Å²) in [6.45, 7) is 1.80. The number of halogens is 1. The first-order valence-corrected chi connectivity index (χ1v) is 9.81. The van der Waals surface area contributed by atoms with Gasteiger partial charge in [-0.25, -0.2) is 4.79 Å². The van der Waals surface area contributed by atoms with E-state index in [4.69, 9.17) is 21.1 Å². The number of ether oxygens (including phenoxy) is 2. The van der Waals surface area contributed by atoms with Crippen molar-refractivity contribution in [3.8, 4) is 16.2 Å². The van der Waals surface area contributed by atoms with Crippen LogP contribution < -0.4 is 10.1 Å². The highest BCUT2D eigenvalue weighted by atomic mass is 35.5. The van der Waals surface area contributed by atoms with Crippen LogP contribution in [0.25, 0.3) is 10.4 Å². The van der Waals surface area contributed by atoms with Gasteiger partial charge in [0.2, 0.25) is 0 Å². The number of nitrogens with one attached hydrogen (secondary N) is 1. The number of carbonyl (C=O) groups excluding carboxylic acids is 2. The second-order valence-corrected chi connectivity index (χ2v) is 7.22. The minimum Gasteiger partial charge on any atom is -0.484 e. The van der Waals surface area contributed by atoms with Gasteiger partial charge in [-0.05, 0) is 42.8 Å². The summed E-state index contributed by atoms with van der Waals surface area (Å²) in [5.41, 5.74) is 1.28. The number of benzene rings is 2. The van der Waals surface area contributed by atoms with Gasteiger partial charge in [0, 0.05) is 9.90 Å². The molecule has 0 saturated heterocycles. The summed E-state index contributed by atoms with van der Waals surface area (Å²) in [5, 5.41) is 3.77. The number of thiophene rings is 1. The van der Waals surface area contributed by atoms with Crippen LogP contribution in [-0.2, 0) is 9.53 Å². The molecule has 0 radical (unpaired) electrons. The first-order chi connectivity index (χ1) is 13.6. The Balaban J connectivity index is 1.75. The SMILES string of the molecule is CCOC(=O)c1cc(-c2ccccc2)sc1NC(=O)COc1ccc(Cl)cc1. The van der Waals surface area contributed by atoms with Gasteiger partial charge in [-0.3, -0.25) is 4.79 Å². The standard InChI is InChI=1S/C21H18ClNO4S/c1-2-26-21(25)17-12-18(14-6-4-3-5-7-14)28-20(17)23-19(24)13-27-16-10-8-15(22)9-11-16/h3-12H,2,13H2,1H3,(H,23,24). The van der Waals surface area contributed by atoms with E-state index in [1.165, 1.54) is 11.3 Å². The van der Waals surface area contributed by atoms with Crippen molar-refractivity contribution in [3.63, 3.8) is 0 Å². The average molecular weight is 416 g/mol. The fraction of sp³-hybridized carbons (Fsp3) is 0.143. The highest BCUT2D eigenvalue weighted by Crippen LogP contribution is 2.36. The van der Waals surface area contributed by atoms with E-state index < -0.39 is 5.97 Å². The van der Waals surface area contributed by atoms with Crippen LogP contribution >= 0.6 is 22.9 Å². The predicted molar refractivity (Wildman–Crippen MR) is 111 cm³/mol. The van der Waals surface area contributed by atoms with Crippen molar-refractivity contribution in [3.05, 3.63) is 71.2 Å². The number of amides is 1. The molecule has 0 fully saturated rings. The Hall–Kier alpha value is -2.83. The van der Waals surface area contributed by atoms with Crippen molar-refractivity contribution in [2.45, 2.75) is 6.92 Å². The van der Waals surface area contributed by atoms with Crippen LogP contribution in [0.4, 0.5) is 5.00 Å². The van der Waals surface area contributed by atoms with E-state index in [0.29, 0.717) is 21.3 Å². The predicted octanol–water partition coefficient (Wildman–Crippen LogP) is 5.26. The summed E-state index contributed by atoms with van der Waals surface area (Å²) in [4.78, 5) is 25.5. The zero-order chi connectivity index (χ0) is 19.9. The maximum Gasteiger partial charge on any atom is 0.341 e. The molecule has 144 valence electrons. The van der Waals surface area contributed by atoms with Crippen molar-refractivity contribution >= 4 is 39.8 Å². The molecule has 7 heteroatoms. The van der Waals surface area contributed by atoms with E-state index >= 15 is 0 Å². The zero-order valence-corrected chi connectivity index (χ0v) is 16.7. The molecule has 0 aliphatic rings. The van der Waals surface area contributed by atoms with Crippen LogP contribution in [0.15, 0.2) is 60.7 Å². The molecule has 5 nitrogen and oxygen atoms in total. The fourth-order valence-corrected chi connectivity index (χ4v) is 3.63. The van der Waals surface area contributed by atoms with Crippen LogP contribution in [0.1, 0.15) is 17.3 Å². The van der Waals surface area contributed by atoms with Crippen molar-refractivity contribution in [2.24, 2.45) is 0 Å². The molecule has 0 spiro atoms. The van der Waals surface area contributed by atoms with E-state index in [0.717, 1.165) is 10.4 Å². The smallest absolute Gasteiger partial charge is 0.341 e. The summed E-state index contributed by atoms with van der Waals surface area (Å²) in [6, 6.07) is 18.1. The normalized spacial score (nSPS) is 10.4. The summed E-state index contributed by atoms with van der Waals surface area (Å²) in [7, 11) is 0. The summed E-state index contributed by atoms with van der Waals surface area (Å²) >= 11 is 7.14. The third kappa shape index (κ3) is 5.12. The molecule has 3 aromatic rings. The topological polar surface area (TPSA) is 64.6 Å². The molecule has 2 aromatic carbocycles. The lowest BCUT2D eigenvalue weighted by Gasteiger charge is -2.08. The van der Waals surface area contributed by atoms with Gasteiger partial charge in [0.15, 0.2) is 6.61 Å². The quantitative estimate of drug-likeness (QED) is 0.534. The number of hydrogen-bond donors (Lipinski definition) is 1. The van der Waals surface area contributed by atoms with Gasteiger partial charge in [-0.15, -0.1) is 11.3 Å². The van der Waals surface area contributed by atoms with Gasteiger partial charge >= 0.3 is 5.97 Å². The Bertz CT molecular complexity index is 954. The second kappa shape index (κ2) is 9.39. The lowest BCUT2D eigenvalue weighted by atomic mass is 10.1. The van der Waals surface area contributed by atoms with Crippen LogP contribution in [0.3, 0.4) is 0 Å². The number of carbonyl (C=O) groups is 2. The number of esters is 1. The average Bonchev–Trinajstić information content (AvgIpc) is 3.12. The minimum absolute atomic E-state index is 0.192. The van der Waals surface area contributed by atoms with Crippen LogP contribution in [0.5, 0.6) is 5.75 Å². The van der Waals surface area contributed by atoms with Crippen LogP contribution in [-0.4, -0.2) is 25.1 Å². The van der Waals surface area contributed by atoms with Gasteiger partial charge in [0.25, 0.3) is 5.91 Å². The van der Waals surface area contributed by atoms with E-state index in [9.17, 15) is 9.59 Å². The summed E-state index contributed by atoms with van der Waals surface area (Å²) in [6.07, 6.45) is 0. The van der Waals surface area contributed by atoms with E-state index in [1.54, 1.807) is 37.3 Å². The van der Waals surface area contributed by atoms with Gasteiger partial charge < -0.3 is 14.8 Å². The molecule has 0 aliphatic carbocycles. The summed E-state index contributed by atoms with van der Waals surface area (Å²) in [5.74, 6) is -0.321. The van der Waals surface area contributed by atoms with Gasteiger partial charge in [-0.1, -0.05) is 41.9 Å². The number of rotatable bonds is 7. The molecular formula is C21H18ClNO4S. The Morgan fingerprint density at radius 1 is 1.07 bits per heavy atom. The molecule has 0 atom stereocenters. The molecule has 1 heterocycles. The third-order valence-corrected chi connectivity index (χ3v) is 5.07. The molecule has 0 bridgehead atoms. The second-order valence-electron chi connectivity index (χ2n) is 5.73. The molecular weight excluding hydrogens is 398 g/mol. The molecule has 3 rings (SSSR count). The largest absolute Gasteiger partial charge is 0.484 e. The van der Waals surface area contributed by atoms with Crippen molar-refractivity contribution in [1.82, 2.24) is 0 Å². The molecule has 0 saturated carbocycles. The third-order valence-electron chi connectivity index (χ3n) is 3.72. The number of anilines is 1. The lowest BCUT2D eigenvalue weighted by molar-refractivity contribution is -0.118. The fourth-order valence-electron chi connectivity index (χ4n) is 2.43. The molecule has 1 aromatic heterocycles. The Kier molecular flexibility index (Phi) is 6.68. The molecule has 1 N–H and O–H groups in total. The highest BCUT2D eigenvalue weighted by molar-refractivity contribution is 7.20. The van der Waals surface area contributed by atoms with E-state index in [2.05, 4.69) is 5.32 Å². The lowest BCUT2D eigenvalue weighted by Crippen LogP contribution is -2.21. The zero-order valence-electron chi connectivity index (χ0n) is 15.1. The van der Waals surface area contributed by atoms with E-state index in [-0.39, 0.29) is 19.1 Å².